The van der Waals surface area contributed by atoms with Gasteiger partial charge >= 0.3 is 0 Å². The summed E-state index contributed by atoms with van der Waals surface area (Å²) in [5.74, 6) is 1.35. The highest BCUT2D eigenvalue weighted by molar-refractivity contribution is 9.10. The number of fused-ring (bicyclic) bond motifs is 1. The number of aliphatic hydroxyl groups is 1. The van der Waals surface area contributed by atoms with Gasteiger partial charge in [-0.05, 0) is 40.0 Å². The van der Waals surface area contributed by atoms with Gasteiger partial charge in [-0.3, -0.25) is 0 Å². The van der Waals surface area contributed by atoms with Crippen LogP contribution in [0.4, 0.5) is 0 Å². The van der Waals surface area contributed by atoms with E-state index in [-0.39, 0.29) is 6.79 Å². The highest BCUT2D eigenvalue weighted by Crippen LogP contribution is 2.41. The van der Waals surface area contributed by atoms with Crippen LogP contribution in [0.1, 0.15) is 25.0 Å². The molecule has 1 aliphatic rings. The summed E-state index contributed by atoms with van der Waals surface area (Å²) < 4.78 is 16.7. The number of aliphatic hydroxyl groups excluding tert-OH is 1. The van der Waals surface area contributed by atoms with Crippen LogP contribution in [-0.2, 0) is 4.74 Å². The minimum atomic E-state index is -0.646. The van der Waals surface area contributed by atoms with Gasteiger partial charge in [-0.2, -0.15) is 0 Å². The Bertz CT molecular complexity index is 394. The summed E-state index contributed by atoms with van der Waals surface area (Å²) in [6.07, 6.45) is 0.296. The Morgan fingerprint density at radius 3 is 3.06 bits per heavy atom. The van der Waals surface area contributed by atoms with E-state index >= 15 is 0 Å². The Morgan fingerprint density at radius 2 is 2.29 bits per heavy atom. The van der Waals surface area contributed by atoms with E-state index in [0.717, 1.165) is 16.5 Å². The minimum absolute atomic E-state index is 0.222. The second-order valence-corrected chi connectivity index (χ2v) is 4.68. The van der Waals surface area contributed by atoms with Crippen molar-refractivity contribution >= 4 is 15.9 Å². The number of halogens is 1. The molecule has 1 atom stereocenters. The fourth-order valence-electron chi connectivity index (χ4n) is 1.62. The van der Waals surface area contributed by atoms with Crippen LogP contribution < -0.4 is 9.47 Å². The van der Waals surface area contributed by atoms with E-state index < -0.39 is 6.10 Å². The largest absolute Gasteiger partial charge is 0.454 e. The van der Waals surface area contributed by atoms with Crippen LogP contribution >= 0.6 is 15.9 Å². The lowest BCUT2D eigenvalue weighted by molar-refractivity contribution is 0.0363. The summed E-state index contributed by atoms with van der Waals surface area (Å²) >= 11 is 3.39. The lowest BCUT2D eigenvalue weighted by atomic mass is 10.1. The van der Waals surface area contributed by atoms with E-state index in [9.17, 15) is 5.11 Å². The quantitative estimate of drug-likeness (QED) is 0.850. The van der Waals surface area contributed by atoms with Gasteiger partial charge in [0.25, 0.3) is 0 Å². The van der Waals surface area contributed by atoms with Crippen molar-refractivity contribution in [3.05, 3.63) is 22.2 Å². The highest BCUT2D eigenvalue weighted by atomic mass is 79.9. The third-order valence-corrected chi connectivity index (χ3v) is 3.05. The zero-order valence-electron chi connectivity index (χ0n) is 9.61. The van der Waals surface area contributed by atoms with Crippen LogP contribution in [0.15, 0.2) is 16.6 Å². The zero-order chi connectivity index (χ0) is 12.3. The first-order valence-electron chi connectivity index (χ1n) is 5.57. The maximum atomic E-state index is 9.96. The number of ether oxygens (including phenoxy) is 3. The van der Waals surface area contributed by atoms with E-state index in [0.29, 0.717) is 24.7 Å². The molecule has 94 valence electrons. The Hall–Kier alpha value is -0.780. The molecule has 1 heterocycles. The van der Waals surface area contributed by atoms with Crippen LogP contribution in [0, 0.1) is 0 Å². The Morgan fingerprint density at radius 1 is 1.47 bits per heavy atom. The summed E-state index contributed by atoms with van der Waals surface area (Å²) in [5.41, 5.74) is 0.761. The Labute approximate surface area is 109 Å². The fourth-order valence-corrected chi connectivity index (χ4v) is 2.19. The molecule has 4 nitrogen and oxygen atoms in total. The van der Waals surface area contributed by atoms with Crippen molar-refractivity contribution in [3.63, 3.8) is 0 Å². The molecule has 0 amide bonds. The first-order chi connectivity index (χ1) is 8.22. The molecule has 0 aromatic heterocycles. The molecule has 0 saturated carbocycles. The van der Waals surface area contributed by atoms with Crippen molar-refractivity contribution in [1.82, 2.24) is 0 Å². The molecule has 0 spiro atoms. The second kappa shape index (κ2) is 5.71. The van der Waals surface area contributed by atoms with Crippen LogP contribution in [0.3, 0.4) is 0 Å². The van der Waals surface area contributed by atoms with Crippen molar-refractivity contribution in [2.75, 3.05) is 20.0 Å². The van der Waals surface area contributed by atoms with Crippen LogP contribution in [0.25, 0.3) is 0 Å². The van der Waals surface area contributed by atoms with Gasteiger partial charge in [0, 0.05) is 6.61 Å². The third-order valence-electron chi connectivity index (χ3n) is 2.46. The van der Waals surface area contributed by atoms with Gasteiger partial charge in [0.15, 0.2) is 11.5 Å². The third kappa shape index (κ3) is 2.91. The summed E-state index contributed by atoms with van der Waals surface area (Å²) in [6, 6.07) is 3.61. The molecule has 0 radical (unpaired) electrons. The van der Waals surface area contributed by atoms with E-state index in [4.69, 9.17) is 14.2 Å². The van der Waals surface area contributed by atoms with Crippen LogP contribution in [0.5, 0.6) is 11.5 Å². The van der Waals surface area contributed by atoms with Crippen LogP contribution in [-0.4, -0.2) is 25.1 Å². The molecule has 17 heavy (non-hydrogen) atoms. The summed E-state index contributed by atoms with van der Waals surface area (Å²) in [5, 5.41) is 9.96. The minimum Gasteiger partial charge on any atom is -0.454 e. The first-order valence-corrected chi connectivity index (χ1v) is 6.36. The van der Waals surface area contributed by atoms with Crippen molar-refractivity contribution in [1.29, 1.82) is 0 Å². The van der Waals surface area contributed by atoms with Gasteiger partial charge in [0.05, 0.1) is 11.1 Å². The molecule has 0 bridgehead atoms. The molecule has 5 heteroatoms. The van der Waals surface area contributed by atoms with Gasteiger partial charge in [0.2, 0.25) is 6.79 Å². The molecule has 1 aliphatic heterocycles. The molecule has 0 aliphatic carbocycles. The molecule has 0 saturated heterocycles. The van der Waals surface area contributed by atoms with Gasteiger partial charge in [0.1, 0.15) is 6.10 Å². The summed E-state index contributed by atoms with van der Waals surface area (Å²) in [4.78, 5) is 0. The Balaban J connectivity index is 2.08. The number of benzene rings is 1. The van der Waals surface area contributed by atoms with Crippen molar-refractivity contribution < 1.29 is 19.3 Å². The standard InChI is InChI=1S/C12H15BrO4/c1-2-3-15-6-10(14)8-4-9(13)12-11(5-8)16-7-17-12/h4-5,10,14H,2-3,6-7H2,1H3. The maximum absolute atomic E-state index is 9.96. The molecule has 1 unspecified atom stereocenters. The predicted octanol–water partition coefficient (Wildman–Crippen LogP) is 2.64. The lowest BCUT2D eigenvalue weighted by Crippen LogP contribution is -2.07. The molecule has 1 aromatic carbocycles. The average molecular weight is 303 g/mol. The summed E-state index contributed by atoms with van der Waals surface area (Å²) in [7, 11) is 0. The van der Waals surface area contributed by atoms with Gasteiger partial charge in [-0.15, -0.1) is 0 Å². The van der Waals surface area contributed by atoms with Crippen molar-refractivity contribution in [3.8, 4) is 11.5 Å². The summed E-state index contributed by atoms with van der Waals surface area (Å²) in [6.45, 7) is 3.20. The predicted molar refractivity (Wildman–Crippen MR) is 66.3 cm³/mol. The molecule has 2 rings (SSSR count). The molecular weight excluding hydrogens is 288 g/mol. The normalized spacial score (nSPS) is 15.0. The number of hydrogen-bond donors (Lipinski definition) is 1. The molecule has 0 fully saturated rings. The fraction of sp³-hybridized carbons (Fsp3) is 0.500. The number of hydrogen-bond acceptors (Lipinski definition) is 4. The SMILES string of the molecule is CCCOCC(O)c1cc(Br)c2c(c1)OCO2. The topological polar surface area (TPSA) is 47.9 Å². The first kappa shape index (κ1) is 12.7. The van der Waals surface area contributed by atoms with Gasteiger partial charge in [-0.25, -0.2) is 0 Å². The average Bonchev–Trinajstić information content (AvgIpc) is 2.77. The van der Waals surface area contributed by atoms with E-state index in [1.807, 2.05) is 13.0 Å². The van der Waals surface area contributed by atoms with Crippen molar-refractivity contribution in [2.24, 2.45) is 0 Å². The van der Waals surface area contributed by atoms with Gasteiger partial charge < -0.3 is 19.3 Å². The zero-order valence-corrected chi connectivity index (χ0v) is 11.2. The van der Waals surface area contributed by atoms with Crippen LogP contribution in [0.2, 0.25) is 0 Å². The van der Waals surface area contributed by atoms with Crippen molar-refractivity contribution in [2.45, 2.75) is 19.4 Å². The number of rotatable bonds is 5. The van der Waals surface area contributed by atoms with E-state index in [1.165, 1.54) is 0 Å². The Kier molecular flexibility index (Phi) is 4.25. The lowest BCUT2D eigenvalue weighted by Gasteiger charge is -2.12. The maximum Gasteiger partial charge on any atom is 0.231 e. The molecular formula is C12H15BrO4. The smallest absolute Gasteiger partial charge is 0.231 e. The van der Waals surface area contributed by atoms with E-state index in [1.54, 1.807) is 6.07 Å². The van der Waals surface area contributed by atoms with Gasteiger partial charge in [-0.1, -0.05) is 6.92 Å². The van der Waals surface area contributed by atoms with E-state index in [2.05, 4.69) is 15.9 Å². The molecule has 1 N–H and O–H groups in total. The molecule has 1 aromatic rings. The monoisotopic (exact) mass is 302 g/mol. The second-order valence-electron chi connectivity index (χ2n) is 3.83. The highest BCUT2D eigenvalue weighted by Gasteiger charge is 2.20.